The van der Waals surface area contributed by atoms with Gasteiger partial charge < -0.3 is 25.0 Å². The van der Waals surface area contributed by atoms with Crippen molar-refractivity contribution in [2.24, 2.45) is 7.05 Å². The number of carbonyl (C=O) groups excluding carboxylic acids is 1. The second-order valence-corrected chi connectivity index (χ2v) is 10.3. The van der Waals surface area contributed by atoms with Gasteiger partial charge in [0.15, 0.2) is 5.65 Å². The van der Waals surface area contributed by atoms with Crippen LogP contribution in [-0.2, 0) is 7.05 Å². The number of carbonyl (C=O) groups is 1. The number of aryl methyl sites for hydroxylation is 2. The maximum absolute atomic E-state index is 13.4. The monoisotopic (exact) mass is 600 g/mol. The van der Waals surface area contributed by atoms with E-state index in [9.17, 15) is 13.6 Å². The first-order chi connectivity index (χ1) is 21.3. The Morgan fingerprint density at radius 3 is 2.68 bits per heavy atom. The molecule has 1 fully saturated rings. The van der Waals surface area contributed by atoms with Gasteiger partial charge in [-0.15, -0.1) is 0 Å². The SMILES string of the molecule is C=C(c1cc(Oc2ccc(OC(F)F)c(-c3nn(C)cc3NC(=O)c3cnn4cccnc34)c2)ccc1C)N1CCNCC1. The predicted octanol–water partition coefficient (Wildman–Crippen LogP) is 4.96. The van der Waals surface area contributed by atoms with Crippen LogP contribution in [0.2, 0.25) is 0 Å². The number of rotatable bonds is 9. The third kappa shape index (κ3) is 5.95. The van der Waals surface area contributed by atoms with Crippen molar-refractivity contribution in [1.82, 2.24) is 34.6 Å². The molecule has 1 amide bonds. The molecule has 226 valence electrons. The van der Waals surface area contributed by atoms with E-state index in [0.29, 0.717) is 17.1 Å². The fourth-order valence-electron chi connectivity index (χ4n) is 5.13. The lowest BCUT2D eigenvalue weighted by molar-refractivity contribution is -0.0494. The van der Waals surface area contributed by atoms with Gasteiger partial charge in [-0.3, -0.25) is 9.48 Å². The van der Waals surface area contributed by atoms with Gasteiger partial charge in [-0.25, -0.2) is 9.50 Å². The lowest BCUT2D eigenvalue weighted by atomic mass is 10.0. The highest BCUT2D eigenvalue weighted by atomic mass is 19.3. The van der Waals surface area contributed by atoms with Crippen molar-refractivity contribution in [3.63, 3.8) is 0 Å². The van der Waals surface area contributed by atoms with Crippen LogP contribution in [0.25, 0.3) is 22.6 Å². The van der Waals surface area contributed by atoms with E-state index in [1.54, 1.807) is 37.8 Å². The molecule has 11 nitrogen and oxygen atoms in total. The maximum Gasteiger partial charge on any atom is 0.387 e. The van der Waals surface area contributed by atoms with Gasteiger partial charge in [-0.05, 0) is 48.9 Å². The van der Waals surface area contributed by atoms with Crippen LogP contribution < -0.4 is 20.1 Å². The molecular weight excluding hydrogens is 570 g/mol. The van der Waals surface area contributed by atoms with E-state index in [1.807, 2.05) is 25.1 Å². The Hall–Kier alpha value is -5.30. The maximum atomic E-state index is 13.4. The molecule has 0 saturated carbocycles. The molecule has 0 aliphatic carbocycles. The van der Waals surface area contributed by atoms with Gasteiger partial charge in [-0.1, -0.05) is 12.6 Å². The highest BCUT2D eigenvalue weighted by Crippen LogP contribution is 2.39. The van der Waals surface area contributed by atoms with E-state index in [0.717, 1.165) is 43.0 Å². The first-order valence-electron chi connectivity index (χ1n) is 13.9. The number of alkyl halides is 2. The van der Waals surface area contributed by atoms with E-state index in [-0.39, 0.29) is 28.3 Å². The number of amides is 1. The van der Waals surface area contributed by atoms with Crippen molar-refractivity contribution in [3.05, 3.63) is 90.5 Å². The first-order valence-corrected chi connectivity index (χ1v) is 13.9. The van der Waals surface area contributed by atoms with Gasteiger partial charge in [-0.2, -0.15) is 19.0 Å². The van der Waals surface area contributed by atoms with Crippen molar-refractivity contribution in [3.8, 4) is 28.5 Å². The van der Waals surface area contributed by atoms with E-state index in [4.69, 9.17) is 9.47 Å². The smallest absolute Gasteiger partial charge is 0.387 e. The molecule has 6 rings (SSSR count). The molecule has 2 aromatic carbocycles. The van der Waals surface area contributed by atoms with Crippen molar-refractivity contribution >= 4 is 22.9 Å². The van der Waals surface area contributed by atoms with Crippen LogP contribution in [0.5, 0.6) is 17.2 Å². The fourth-order valence-corrected chi connectivity index (χ4v) is 5.13. The number of ether oxygens (including phenoxy) is 2. The average molecular weight is 601 g/mol. The Labute approximate surface area is 251 Å². The van der Waals surface area contributed by atoms with Gasteiger partial charge >= 0.3 is 6.61 Å². The van der Waals surface area contributed by atoms with Crippen molar-refractivity contribution in [2.45, 2.75) is 13.5 Å². The second-order valence-electron chi connectivity index (χ2n) is 10.3. The summed E-state index contributed by atoms with van der Waals surface area (Å²) in [5.41, 5.74) is 4.21. The zero-order chi connectivity index (χ0) is 30.8. The fraction of sp³-hybridized carbons (Fsp3) is 0.226. The van der Waals surface area contributed by atoms with E-state index in [2.05, 4.69) is 37.3 Å². The second kappa shape index (κ2) is 12.1. The summed E-state index contributed by atoms with van der Waals surface area (Å²) in [7, 11) is 1.66. The summed E-state index contributed by atoms with van der Waals surface area (Å²) < 4.78 is 40.9. The number of nitrogens with one attached hydrogen (secondary N) is 2. The molecular formula is C31H30F2N8O3. The summed E-state index contributed by atoms with van der Waals surface area (Å²) in [6, 6.07) is 11.9. The minimum atomic E-state index is -3.08. The lowest BCUT2D eigenvalue weighted by Gasteiger charge is -2.31. The molecule has 0 unspecified atom stereocenters. The summed E-state index contributed by atoms with van der Waals surface area (Å²) in [6.07, 6.45) is 6.20. The van der Waals surface area contributed by atoms with Crippen LogP contribution in [0.3, 0.4) is 0 Å². The van der Waals surface area contributed by atoms with Gasteiger partial charge in [0.1, 0.15) is 28.5 Å². The molecule has 5 aromatic rings. The average Bonchev–Trinajstić information content (AvgIpc) is 3.62. The van der Waals surface area contributed by atoms with Crippen LogP contribution in [0.15, 0.2) is 73.8 Å². The highest BCUT2D eigenvalue weighted by Gasteiger charge is 2.22. The van der Waals surface area contributed by atoms with Crippen molar-refractivity contribution in [1.29, 1.82) is 0 Å². The molecule has 0 radical (unpaired) electrons. The molecule has 44 heavy (non-hydrogen) atoms. The van der Waals surface area contributed by atoms with Crippen molar-refractivity contribution < 1.29 is 23.0 Å². The molecule has 0 atom stereocenters. The lowest BCUT2D eigenvalue weighted by Crippen LogP contribution is -2.42. The largest absolute Gasteiger partial charge is 0.457 e. The normalized spacial score (nSPS) is 13.3. The predicted molar refractivity (Wildman–Crippen MR) is 161 cm³/mol. The van der Waals surface area contributed by atoms with Crippen LogP contribution in [0.4, 0.5) is 14.5 Å². The van der Waals surface area contributed by atoms with E-state index < -0.39 is 12.5 Å². The highest BCUT2D eigenvalue weighted by molar-refractivity contribution is 6.09. The van der Waals surface area contributed by atoms with Crippen molar-refractivity contribution in [2.75, 3.05) is 31.5 Å². The third-order valence-electron chi connectivity index (χ3n) is 7.28. The molecule has 1 aliphatic rings. The van der Waals surface area contributed by atoms with Gasteiger partial charge in [0.05, 0.1) is 17.4 Å². The number of anilines is 1. The molecule has 2 N–H and O–H groups in total. The van der Waals surface area contributed by atoms with E-state index in [1.165, 1.54) is 27.5 Å². The quantitative estimate of drug-likeness (QED) is 0.244. The number of fused-ring (bicyclic) bond motifs is 1. The molecule has 4 heterocycles. The third-order valence-corrected chi connectivity index (χ3v) is 7.28. The van der Waals surface area contributed by atoms with Crippen LogP contribution in [0.1, 0.15) is 21.5 Å². The number of benzene rings is 2. The Morgan fingerprint density at radius 2 is 1.89 bits per heavy atom. The van der Waals surface area contributed by atoms with Gasteiger partial charge in [0, 0.05) is 63.1 Å². The molecule has 13 heteroatoms. The Balaban J connectivity index is 1.32. The standard InChI is InChI=1S/C31H30F2N8O3/c1-19-5-6-21(15-23(19)20(2)40-13-10-34-11-14-40)43-22-7-8-27(44-31(32)33)24(16-22)28-26(18-39(3)38-28)37-30(42)25-17-36-41-12-4-9-35-29(25)41/h4-9,12,15-18,31,34H,2,10-11,13-14H2,1,3H3,(H,37,42). The number of halogens is 2. The number of piperazine rings is 1. The zero-order valence-electron chi connectivity index (χ0n) is 24.1. The Morgan fingerprint density at radius 1 is 1.11 bits per heavy atom. The van der Waals surface area contributed by atoms with Crippen LogP contribution in [-0.4, -0.2) is 68.0 Å². The van der Waals surface area contributed by atoms with E-state index >= 15 is 0 Å². The summed E-state index contributed by atoms with van der Waals surface area (Å²) >= 11 is 0. The molecule has 0 spiro atoms. The summed E-state index contributed by atoms with van der Waals surface area (Å²) in [4.78, 5) is 19.7. The minimum Gasteiger partial charge on any atom is -0.457 e. The summed E-state index contributed by atoms with van der Waals surface area (Å²) in [6.45, 7) is 6.74. The summed E-state index contributed by atoms with van der Waals surface area (Å²) in [5, 5.41) is 14.8. The number of hydrogen-bond acceptors (Lipinski definition) is 8. The summed E-state index contributed by atoms with van der Waals surface area (Å²) in [5.74, 6) is 0.286. The minimum absolute atomic E-state index is 0.129. The zero-order valence-corrected chi connectivity index (χ0v) is 24.1. The van der Waals surface area contributed by atoms with Crippen LogP contribution in [0, 0.1) is 6.92 Å². The Kier molecular flexibility index (Phi) is 7.94. The number of hydrogen-bond donors (Lipinski definition) is 2. The molecule has 3 aromatic heterocycles. The first kappa shape index (κ1) is 28.8. The molecule has 0 bridgehead atoms. The Bertz CT molecular complexity index is 1850. The van der Waals surface area contributed by atoms with Gasteiger partial charge in [0.2, 0.25) is 0 Å². The molecule has 1 saturated heterocycles. The topological polar surface area (TPSA) is 111 Å². The number of aromatic nitrogens is 5. The molecule has 1 aliphatic heterocycles. The number of nitrogens with zero attached hydrogens (tertiary/aromatic N) is 6. The van der Waals surface area contributed by atoms with Crippen LogP contribution >= 0.6 is 0 Å². The van der Waals surface area contributed by atoms with Gasteiger partial charge in [0.25, 0.3) is 5.91 Å².